The number of aryl methyl sites for hydroxylation is 1. The van der Waals surface area contributed by atoms with Gasteiger partial charge in [-0.05, 0) is 67.6 Å². The number of ether oxygens (including phenoxy) is 3. The van der Waals surface area contributed by atoms with Crippen LogP contribution in [0.2, 0.25) is 0 Å². The first kappa shape index (κ1) is 23.6. The third-order valence-electron chi connectivity index (χ3n) is 6.68. The minimum Gasteiger partial charge on any atom is -0.496 e. The van der Waals surface area contributed by atoms with Gasteiger partial charge in [-0.1, -0.05) is 0 Å². The van der Waals surface area contributed by atoms with Crippen molar-refractivity contribution >= 4 is 21.8 Å². The summed E-state index contributed by atoms with van der Waals surface area (Å²) in [6.07, 6.45) is 3.75. The van der Waals surface area contributed by atoms with E-state index in [1.807, 2.05) is 13.8 Å². The molecule has 1 aromatic carbocycles. The number of nitrogens with one attached hydrogen (secondary N) is 2. The van der Waals surface area contributed by atoms with E-state index in [0.717, 1.165) is 25.7 Å². The van der Waals surface area contributed by atoms with Crippen molar-refractivity contribution in [2.24, 2.45) is 11.7 Å². The lowest BCUT2D eigenvalue weighted by Gasteiger charge is -2.36. The van der Waals surface area contributed by atoms with E-state index in [0.29, 0.717) is 44.1 Å². The van der Waals surface area contributed by atoms with Crippen molar-refractivity contribution in [2.75, 3.05) is 7.11 Å². The van der Waals surface area contributed by atoms with Gasteiger partial charge in [0, 0.05) is 35.7 Å². The second-order valence-corrected chi connectivity index (χ2v) is 9.89. The Morgan fingerprint density at radius 2 is 1.91 bits per heavy atom. The zero-order valence-corrected chi connectivity index (χ0v) is 20.9. The fourth-order valence-corrected chi connectivity index (χ4v) is 5.18. The molecule has 8 nitrogen and oxygen atoms in total. The van der Waals surface area contributed by atoms with Crippen LogP contribution in [0.25, 0.3) is 0 Å². The monoisotopic (exact) mass is 519 g/mol. The molecule has 4 N–H and O–H groups in total. The quantitative estimate of drug-likeness (QED) is 0.554. The van der Waals surface area contributed by atoms with Crippen LogP contribution in [0.5, 0.6) is 17.2 Å². The van der Waals surface area contributed by atoms with Gasteiger partial charge in [0.05, 0.1) is 23.7 Å². The highest BCUT2D eigenvalue weighted by Gasteiger charge is 2.47. The fraction of sp³-hybridized carbons (Fsp3) is 0.500. The predicted molar refractivity (Wildman–Crippen MR) is 128 cm³/mol. The number of aromatic nitrogens is 1. The largest absolute Gasteiger partial charge is 0.496 e. The van der Waals surface area contributed by atoms with Gasteiger partial charge in [-0.3, -0.25) is 9.59 Å². The second-order valence-electron chi connectivity index (χ2n) is 9.03. The molecule has 1 aliphatic carbocycles. The highest BCUT2D eigenvalue weighted by atomic mass is 79.9. The summed E-state index contributed by atoms with van der Waals surface area (Å²) in [6, 6.07) is 3.69. The van der Waals surface area contributed by atoms with Gasteiger partial charge in [-0.15, -0.1) is 0 Å². The number of nitrogens with two attached hydrogens (primary N) is 1. The van der Waals surface area contributed by atoms with Crippen molar-refractivity contribution < 1.29 is 19.0 Å². The molecule has 2 heterocycles. The molecule has 1 amide bonds. The Morgan fingerprint density at radius 3 is 2.58 bits per heavy atom. The third-order valence-corrected chi connectivity index (χ3v) is 7.27. The van der Waals surface area contributed by atoms with Gasteiger partial charge >= 0.3 is 0 Å². The number of carbonyl (C=O) groups excluding carboxylic acids is 1. The molecule has 33 heavy (non-hydrogen) atoms. The summed E-state index contributed by atoms with van der Waals surface area (Å²) in [7, 11) is 1.50. The van der Waals surface area contributed by atoms with E-state index < -0.39 is 5.79 Å². The molecular formula is C24H30BrN3O5. The van der Waals surface area contributed by atoms with Crippen LogP contribution in [0, 0.1) is 19.8 Å². The molecule has 0 saturated heterocycles. The number of aromatic amines is 1. The van der Waals surface area contributed by atoms with Gasteiger partial charge in [0.2, 0.25) is 0 Å². The van der Waals surface area contributed by atoms with E-state index in [1.54, 1.807) is 19.1 Å². The van der Waals surface area contributed by atoms with Gasteiger partial charge in [0.1, 0.15) is 5.75 Å². The average molecular weight is 520 g/mol. The zero-order chi connectivity index (χ0) is 23.9. The summed E-state index contributed by atoms with van der Waals surface area (Å²) in [6.45, 7) is 5.60. The van der Waals surface area contributed by atoms with E-state index in [-0.39, 0.29) is 30.0 Å². The molecule has 178 valence electrons. The Kier molecular flexibility index (Phi) is 6.46. The first-order valence-electron chi connectivity index (χ1n) is 11.1. The number of hydrogen-bond acceptors (Lipinski definition) is 6. The lowest BCUT2D eigenvalue weighted by atomic mass is 9.81. The first-order valence-corrected chi connectivity index (χ1v) is 11.9. The van der Waals surface area contributed by atoms with Crippen LogP contribution >= 0.6 is 15.9 Å². The zero-order valence-electron chi connectivity index (χ0n) is 19.3. The molecule has 1 aromatic heterocycles. The number of hydrogen-bond donors (Lipinski definition) is 3. The smallest absolute Gasteiger partial charge is 0.256 e. The number of rotatable bonds is 5. The molecule has 1 aliphatic heterocycles. The SMILES string of the molecule is COc1cc(C)[nH]c(=O)c1CNC(=O)c1cc(Br)c2c(c1C)OC(C)(C1CCC(N)CC1)O2. The van der Waals surface area contributed by atoms with Crippen LogP contribution in [0.15, 0.2) is 21.4 Å². The maximum atomic E-state index is 13.1. The normalized spacial score (nSPS) is 23.9. The van der Waals surface area contributed by atoms with Crippen molar-refractivity contribution in [2.45, 2.75) is 64.8 Å². The molecule has 1 fully saturated rings. The molecule has 9 heteroatoms. The fourth-order valence-electron chi connectivity index (χ4n) is 4.69. The van der Waals surface area contributed by atoms with E-state index in [9.17, 15) is 9.59 Å². The number of halogens is 1. The van der Waals surface area contributed by atoms with Gasteiger partial charge in [0.15, 0.2) is 11.5 Å². The minimum absolute atomic E-state index is 0.0309. The molecule has 2 aliphatic rings. The van der Waals surface area contributed by atoms with Gasteiger partial charge in [-0.2, -0.15) is 0 Å². The Hall–Kier alpha value is -2.52. The van der Waals surface area contributed by atoms with Crippen molar-refractivity contribution in [1.82, 2.24) is 10.3 Å². The van der Waals surface area contributed by atoms with Gasteiger partial charge in [0.25, 0.3) is 17.3 Å². The summed E-state index contributed by atoms with van der Waals surface area (Å²) in [5.41, 5.74) is 7.95. The maximum Gasteiger partial charge on any atom is 0.256 e. The van der Waals surface area contributed by atoms with Crippen molar-refractivity contribution in [3.05, 3.63) is 49.3 Å². The second kappa shape index (κ2) is 9.02. The molecule has 1 atom stereocenters. The summed E-state index contributed by atoms with van der Waals surface area (Å²) >= 11 is 3.54. The number of carbonyl (C=O) groups is 1. The molecule has 1 unspecified atom stereocenters. The lowest BCUT2D eigenvalue weighted by molar-refractivity contribution is -0.121. The number of methoxy groups -OCH3 is 1. The maximum absolute atomic E-state index is 13.1. The molecule has 4 rings (SSSR count). The van der Waals surface area contributed by atoms with E-state index >= 15 is 0 Å². The molecule has 2 aromatic rings. The van der Waals surface area contributed by atoms with Crippen LogP contribution in [0.1, 0.15) is 59.8 Å². The third kappa shape index (κ3) is 4.48. The Morgan fingerprint density at radius 1 is 1.24 bits per heavy atom. The number of pyridine rings is 1. The highest BCUT2D eigenvalue weighted by Crippen LogP contribution is 2.51. The Bertz CT molecular complexity index is 1140. The van der Waals surface area contributed by atoms with Crippen LogP contribution in [0.4, 0.5) is 0 Å². The number of amides is 1. The van der Waals surface area contributed by atoms with Crippen LogP contribution < -0.4 is 30.8 Å². The molecule has 0 spiro atoms. The summed E-state index contributed by atoms with van der Waals surface area (Å²) in [4.78, 5) is 28.2. The topological polar surface area (TPSA) is 116 Å². The standard InChI is InChI=1S/C24H30BrN3O5/c1-12-9-19(31-4)17(23(30)28-12)11-27-22(29)16-10-18(25)21-20(13(16)2)32-24(3,33-21)14-5-7-15(26)8-6-14/h9-10,14-15H,5-8,11,26H2,1-4H3,(H,27,29)(H,28,30). The van der Waals surface area contributed by atoms with Crippen molar-refractivity contribution in [3.63, 3.8) is 0 Å². The van der Waals surface area contributed by atoms with Crippen LogP contribution in [0.3, 0.4) is 0 Å². The molecule has 0 bridgehead atoms. The van der Waals surface area contributed by atoms with Crippen molar-refractivity contribution in [1.29, 1.82) is 0 Å². The Labute approximate surface area is 201 Å². The average Bonchev–Trinajstić information content (AvgIpc) is 3.15. The molecule has 0 radical (unpaired) electrons. The van der Waals surface area contributed by atoms with Crippen LogP contribution in [-0.4, -0.2) is 29.8 Å². The first-order chi connectivity index (χ1) is 15.6. The molecular weight excluding hydrogens is 490 g/mol. The summed E-state index contributed by atoms with van der Waals surface area (Å²) in [5, 5.41) is 2.83. The minimum atomic E-state index is -0.798. The number of H-pyrrole nitrogens is 1. The molecule has 1 saturated carbocycles. The number of benzene rings is 1. The van der Waals surface area contributed by atoms with Crippen molar-refractivity contribution in [3.8, 4) is 17.2 Å². The van der Waals surface area contributed by atoms with Gasteiger partial charge < -0.3 is 30.2 Å². The predicted octanol–water partition coefficient (Wildman–Crippen LogP) is 3.70. The van der Waals surface area contributed by atoms with E-state index in [1.165, 1.54) is 7.11 Å². The summed E-state index contributed by atoms with van der Waals surface area (Å²) in [5.74, 6) is 0.708. The van der Waals surface area contributed by atoms with Crippen LogP contribution in [-0.2, 0) is 6.54 Å². The summed E-state index contributed by atoms with van der Waals surface area (Å²) < 4.78 is 18.6. The van der Waals surface area contributed by atoms with E-state index in [4.69, 9.17) is 19.9 Å². The Balaban J connectivity index is 1.55. The lowest BCUT2D eigenvalue weighted by Crippen LogP contribution is -2.46. The number of fused-ring (bicyclic) bond motifs is 1. The van der Waals surface area contributed by atoms with E-state index in [2.05, 4.69) is 26.2 Å². The highest BCUT2D eigenvalue weighted by molar-refractivity contribution is 9.10. The van der Waals surface area contributed by atoms with Gasteiger partial charge in [-0.25, -0.2) is 0 Å².